The first-order valence-corrected chi connectivity index (χ1v) is 6.87. The van der Waals surface area contributed by atoms with Crippen molar-refractivity contribution in [1.82, 2.24) is 10.1 Å². The third-order valence-corrected chi connectivity index (χ3v) is 3.88. The molecule has 0 radical (unpaired) electrons. The molecule has 1 aromatic carbocycles. The zero-order chi connectivity index (χ0) is 13.3. The Morgan fingerprint density at radius 1 is 1.21 bits per heavy atom. The Bertz CT molecular complexity index is 570. The highest BCUT2D eigenvalue weighted by molar-refractivity contribution is 5.53. The van der Waals surface area contributed by atoms with E-state index in [2.05, 4.69) is 10.1 Å². The monoisotopic (exact) mass is 257 g/mol. The van der Waals surface area contributed by atoms with E-state index in [1.807, 2.05) is 31.2 Å². The van der Waals surface area contributed by atoms with E-state index in [9.17, 15) is 0 Å². The molecule has 4 heteroatoms. The van der Waals surface area contributed by atoms with E-state index in [1.165, 1.54) is 12.0 Å². The van der Waals surface area contributed by atoms with Gasteiger partial charge in [0.25, 0.3) is 5.89 Å². The molecule has 1 aliphatic rings. The number of benzene rings is 1. The van der Waals surface area contributed by atoms with Gasteiger partial charge in [-0.15, -0.1) is 0 Å². The summed E-state index contributed by atoms with van der Waals surface area (Å²) in [5, 5.41) is 4.11. The highest BCUT2D eigenvalue weighted by Gasteiger charge is 2.34. The minimum absolute atomic E-state index is 0.399. The van der Waals surface area contributed by atoms with Crippen molar-refractivity contribution < 1.29 is 4.52 Å². The van der Waals surface area contributed by atoms with Gasteiger partial charge in [0.05, 0.1) is 5.54 Å². The maximum absolute atomic E-state index is 6.42. The Morgan fingerprint density at radius 2 is 2.00 bits per heavy atom. The fourth-order valence-corrected chi connectivity index (χ4v) is 2.73. The fraction of sp³-hybridized carbons (Fsp3) is 0.467. The Labute approximate surface area is 113 Å². The molecule has 2 N–H and O–H groups in total. The lowest BCUT2D eigenvalue weighted by molar-refractivity contribution is 0.275. The molecule has 0 saturated heterocycles. The lowest BCUT2D eigenvalue weighted by atomic mass is 9.82. The molecule has 3 rings (SSSR count). The topological polar surface area (TPSA) is 64.9 Å². The minimum Gasteiger partial charge on any atom is -0.334 e. The molecule has 0 amide bonds. The quantitative estimate of drug-likeness (QED) is 0.897. The summed E-state index contributed by atoms with van der Waals surface area (Å²) in [5.41, 5.74) is 8.15. The molecule has 1 fully saturated rings. The van der Waals surface area contributed by atoms with E-state index in [1.54, 1.807) is 0 Å². The van der Waals surface area contributed by atoms with Crippen molar-refractivity contribution in [3.63, 3.8) is 0 Å². The average molecular weight is 257 g/mol. The van der Waals surface area contributed by atoms with Gasteiger partial charge in [-0.05, 0) is 31.9 Å². The molecule has 1 saturated carbocycles. The highest BCUT2D eigenvalue weighted by Crippen LogP contribution is 2.34. The molecule has 1 aliphatic carbocycles. The summed E-state index contributed by atoms with van der Waals surface area (Å²) in [6.45, 7) is 2.05. The van der Waals surface area contributed by atoms with Crippen LogP contribution in [-0.2, 0) is 5.54 Å². The first-order chi connectivity index (χ1) is 9.17. The smallest absolute Gasteiger partial charge is 0.257 e. The molecule has 1 heterocycles. The molecule has 0 aliphatic heterocycles. The summed E-state index contributed by atoms with van der Waals surface area (Å²) >= 11 is 0. The lowest BCUT2D eigenvalue weighted by Crippen LogP contribution is -2.39. The summed E-state index contributed by atoms with van der Waals surface area (Å²) < 4.78 is 5.38. The van der Waals surface area contributed by atoms with Gasteiger partial charge in [0.2, 0.25) is 0 Å². The van der Waals surface area contributed by atoms with Crippen LogP contribution in [-0.4, -0.2) is 10.1 Å². The molecule has 0 atom stereocenters. The maximum atomic E-state index is 6.42. The first-order valence-electron chi connectivity index (χ1n) is 6.87. The number of hydrogen-bond acceptors (Lipinski definition) is 4. The Hall–Kier alpha value is -1.68. The third kappa shape index (κ3) is 2.40. The summed E-state index contributed by atoms with van der Waals surface area (Å²) in [6.07, 6.45) is 5.43. The standard InChI is InChI=1S/C15H19N3O/c1-11-6-5-7-12(10-11)13-17-14(18-19-13)15(16)8-3-2-4-9-15/h5-7,10H,2-4,8-9,16H2,1H3. The molecule has 1 aromatic heterocycles. The van der Waals surface area contributed by atoms with Crippen LogP contribution in [0.1, 0.15) is 43.5 Å². The molecule has 100 valence electrons. The Morgan fingerprint density at radius 3 is 2.74 bits per heavy atom. The number of aromatic nitrogens is 2. The van der Waals surface area contributed by atoms with E-state index < -0.39 is 5.54 Å². The molecular formula is C15H19N3O. The summed E-state index contributed by atoms with van der Waals surface area (Å²) in [6, 6.07) is 8.06. The normalized spacial score (nSPS) is 18.4. The summed E-state index contributed by atoms with van der Waals surface area (Å²) in [7, 11) is 0. The zero-order valence-electron chi connectivity index (χ0n) is 11.2. The van der Waals surface area contributed by atoms with Crippen molar-refractivity contribution in [2.24, 2.45) is 5.73 Å². The SMILES string of the molecule is Cc1cccc(-c2nc(C3(N)CCCCC3)no2)c1. The number of nitrogens with two attached hydrogens (primary N) is 1. The molecule has 0 bridgehead atoms. The van der Waals surface area contributed by atoms with Gasteiger partial charge in [-0.2, -0.15) is 4.98 Å². The van der Waals surface area contributed by atoms with Crippen LogP contribution in [0.4, 0.5) is 0 Å². The Kier molecular flexibility index (Phi) is 3.11. The van der Waals surface area contributed by atoms with Crippen LogP contribution in [0.5, 0.6) is 0 Å². The molecule has 2 aromatic rings. The second kappa shape index (κ2) is 4.78. The van der Waals surface area contributed by atoms with Gasteiger partial charge in [0.15, 0.2) is 5.82 Å². The van der Waals surface area contributed by atoms with Gasteiger partial charge >= 0.3 is 0 Å². The van der Waals surface area contributed by atoms with Crippen LogP contribution in [0.15, 0.2) is 28.8 Å². The van der Waals surface area contributed by atoms with Crippen LogP contribution in [0.2, 0.25) is 0 Å². The van der Waals surface area contributed by atoms with Gasteiger partial charge in [-0.3, -0.25) is 0 Å². The second-order valence-corrected chi connectivity index (χ2v) is 5.51. The fourth-order valence-electron chi connectivity index (χ4n) is 2.73. The molecule has 0 spiro atoms. The van der Waals surface area contributed by atoms with Gasteiger partial charge in [-0.1, -0.05) is 42.1 Å². The number of aryl methyl sites for hydroxylation is 1. The van der Waals surface area contributed by atoms with Crippen molar-refractivity contribution in [3.8, 4) is 11.5 Å². The second-order valence-electron chi connectivity index (χ2n) is 5.51. The average Bonchev–Trinajstić information content (AvgIpc) is 2.90. The van der Waals surface area contributed by atoms with E-state index >= 15 is 0 Å². The van der Waals surface area contributed by atoms with Crippen LogP contribution in [0.3, 0.4) is 0 Å². The van der Waals surface area contributed by atoms with E-state index in [0.717, 1.165) is 31.2 Å². The van der Waals surface area contributed by atoms with Gasteiger partial charge in [-0.25, -0.2) is 0 Å². The summed E-state index contributed by atoms with van der Waals surface area (Å²) in [5.74, 6) is 1.22. The largest absolute Gasteiger partial charge is 0.334 e. The third-order valence-electron chi connectivity index (χ3n) is 3.88. The van der Waals surface area contributed by atoms with Crippen LogP contribution in [0, 0.1) is 6.92 Å². The van der Waals surface area contributed by atoms with Crippen LogP contribution < -0.4 is 5.73 Å². The van der Waals surface area contributed by atoms with Gasteiger partial charge < -0.3 is 10.3 Å². The molecular weight excluding hydrogens is 238 g/mol. The highest BCUT2D eigenvalue weighted by atomic mass is 16.5. The van der Waals surface area contributed by atoms with E-state index in [4.69, 9.17) is 10.3 Å². The van der Waals surface area contributed by atoms with Crippen molar-refractivity contribution in [3.05, 3.63) is 35.7 Å². The van der Waals surface area contributed by atoms with E-state index in [0.29, 0.717) is 11.7 Å². The van der Waals surface area contributed by atoms with Crippen molar-refractivity contribution in [2.45, 2.75) is 44.6 Å². The first kappa shape index (κ1) is 12.4. The predicted octanol–water partition coefficient (Wildman–Crippen LogP) is 3.16. The van der Waals surface area contributed by atoms with Crippen molar-refractivity contribution >= 4 is 0 Å². The summed E-state index contributed by atoms with van der Waals surface area (Å²) in [4.78, 5) is 4.51. The van der Waals surface area contributed by atoms with Crippen molar-refractivity contribution in [1.29, 1.82) is 0 Å². The maximum Gasteiger partial charge on any atom is 0.257 e. The Balaban J connectivity index is 1.91. The molecule has 0 unspecified atom stereocenters. The van der Waals surface area contributed by atoms with E-state index in [-0.39, 0.29) is 0 Å². The van der Waals surface area contributed by atoms with Gasteiger partial charge in [0.1, 0.15) is 0 Å². The van der Waals surface area contributed by atoms with Crippen molar-refractivity contribution in [2.75, 3.05) is 0 Å². The molecule has 19 heavy (non-hydrogen) atoms. The number of hydrogen-bond donors (Lipinski definition) is 1. The predicted molar refractivity (Wildman–Crippen MR) is 73.4 cm³/mol. The lowest BCUT2D eigenvalue weighted by Gasteiger charge is -2.29. The molecule has 4 nitrogen and oxygen atoms in total. The zero-order valence-corrected chi connectivity index (χ0v) is 11.2. The number of rotatable bonds is 2. The van der Waals surface area contributed by atoms with Crippen LogP contribution >= 0.6 is 0 Å². The minimum atomic E-state index is -0.399. The van der Waals surface area contributed by atoms with Gasteiger partial charge in [0, 0.05) is 5.56 Å². The number of nitrogens with zero attached hydrogens (tertiary/aromatic N) is 2. The van der Waals surface area contributed by atoms with Crippen LogP contribution in [0.25, 0.3) is 11.5 Å².